The van der Waals surface area contributed by atoms with Gasteiger partial charge < -0.3 is 4.90 Å². The minimum Gasteiger partial charge on any atom is -0.334 e. The topological polar surface area (TPSA) is 61.9 Å². The van der Waals surface area contributed by atoms with Gasteiger partial charge in [0.1, 0.15) is 0 Å². The quantitative estimate of drug-likeness (QED) is 0.925. The van der Waals surface area contributed by atoms with E-state index in [4.69, 9.17) is 0 Å². The normalized spacial score (nSPS) is 17.9. The van der Waals surface area contributed by atoms with E-state index in [2.05, 4.69) is 15.2 Å². The molecule has 20 heavy (non-hydrogen) atoms. The number of carbonyl (C=O) groups is 1. The highest BCUT2D eigenvalue weighted by Crippen LogP contribution is 2.37. The zero-order valence-electron chi connectivity index (χ0n) is 11.9. The van der Waals surface area contributed by atoms with Crippen molar-refractivity contribution in [3.05, 3.63) is 33.0 Å². The van der Waals surface area contributed by atoms with Crippen LogP contribution >= 0.6 is 11.3 Å². The Morgan fingerprint density at radius 1 is 1.50 bits per heavy atom. The van der Waals surface area contributed by atoms with E-state index in [1.54, 1.807) is 17.5 Å². The summed E-state index contributed by atoms with van der Waals surface area (Å²) in [5.74, 6) is 0.0279. The molecule has 5 nitrogen and oxygen atoms in total. The van der Waals surface area contributed by atoms with Gasteiger partial charge in [0.05, 0.1) is 33.4 Å². The number of aryl methyl sites for hydroxylation is 3. The predicted molar refractivity (Wildman–Crippen MR) is 77.9 cm³/mol. The Kier molecular flexibility index (Phi) is 3.33. The van der Waals surface area contributed by atoms with E-state index >= 15 is 0 Å². The molecule has 0 spiro atoms. The molecule has 0 bridgehead atoms. The number of nitrogens with one attached hydrogen (secondary N) is 1. The molecule has 0 radical (unpaired) electrons. The number of aromatic amines is 1. The largest absolute Gasteiger partial charge is 0.334 e. The Hall–Kier alpha value is -1.69. The van der Waals surface area contributed by atoms with Crippen molar-refractivity contribution < 1.29 is 4.79 Å². The third-order valence-electron chi connectivity index (χ3n) is 3.88. The molecule has 2 heterocycles. The highest BCUT2D eigenvalue weighted by molar-refractivity contribution is 7.11. The molecule has 6 heteroatoms. The Morgan fingerprint density at radius 2 is 2.30 bits per heavy atom. The fourth-order valence-electron chi connectivity index (χ4n) is 2.79. The van der Waals surface area contributed by atoms with E-state index in [1.165, 1.54) is 10.6 Å². The van der Waals surface area contributed by atoms with Crippen LogP contribution in [0, 0.1) is 13.8 Å². The Bertz CT molecular complexity index is 645. The van der Waals surface area contributed by atoms with Crippen LogP contribution in [-0.4, -0.2) is 33.0 Å². The van der Waals surface area contributed by atoms with Gasteiger partial charge in [-0.3, -0.25) is 9.89 Å². The number of thiazole rings is 1. The van der Waals surface area contributed by atoms with Crippen LogP contribution < -0.4 is 0 Å². The average Bonchev–Trinajstić information content (AvgIpc) is 3.01. The summed E-state index contributed by atoms with van der Waals surface area (Å²) >= 11 is 1.72. The van der Waals surface area contributed by atoms with Crippen molar-refractivity contribution in [3.8, 4) is 0 Å². The number of H-pyrrole nitrogens is 1. The lowest BCUT2D eigenvalue weighted by atomic mass is 9.96. The van der Waals surface area contributed by atoms with Crippen molar-refractivity contribution in [2.24, 2.45) is 0 Å². The van der Waals surface area contributed by atoms with Gasteiger partial charge in [-0.15, -0.1) is 11.3 Å². The van der Waals surface area contributed by atoms with Crippen molar-refractivity contribution in [3.63, 3.8) is 0 Å². The Balaban J connectivity index is 1.90. The highest BCUT2D eigenvalue weighted by atomic mass is 32.1. The molecule has 3 rings (SSSR count). The van der Waals surface area contributed by atoms with Crippen LogP contribution in [0.2, 0.25) is 0 Å². The van der Waals surface area contributed by atoms with Crippen molar-refractivity contribution in [1.82, 2.24) is 20.1 Å². The minimum absolute atomic E-state index is 0.0279. The lowest BCUT2D eigenvalue weighted by Gasteiger charge is -2.30. The zero-order valence-corrected chi connectivity index (χ0v) is 12.8. The fourth-order valence-corrected chi connectivity index (χ4v) is 3.94. The maximum atomic E-state index is 12.6. The maximum Gasteiger partial charge on any atom is 0.257 e. The van der Waals surface area contributed by atoms with E-state index in [0.717, 1.165) is 30.0 Å². The van der Waals surface area contributed by atoms with Crippen LogP contribution in [0.4, 0.5) is 0 Å². The number of hydrogen-bond donors (Lipinski definition) is 1. The highest BCUT2D eigenvalue weighted by Gasteiger charge is 2.30. The second-order valence-electron chi connectivity index (χ2n) is 5.28. The van der Waals surface area contributed by atoms with Gasteiger partial charge >= 0.3 is 0 Å². The van der Waals surface area contributed by atoms with Gasteiger partial charge in [-0.25, -0.2) is 4.98 Å². The van der Waals surface area contributed by atoms with Crippen LogP contribution in [-0.2, 0) is 6.42 Å². The molecule has 0 aliphatic heterocycles. The number of nitrogens with zero attached hydrogens (tertiary/aromatic N) is 3. The molecule has 0 saturated carbocycles. The first-order valence-corrected chi connectivity index (χ1v) is 7.63. The predicted octanol–water partition coefficient (Wildman–Crippen LogP) is 2.63. The summed E-state index contributed by atoms with van der Waals surface area (Å²) in [6, 6.07) is 0.145. The molecular formula is C14H18N4OS. The monoisotopic (exact) mass is 290 g/mol. The summed E-state index contributed by atoms with van der Waals surface area (Å²) in [5.41, 5.74) is 2.64. The minimum atomic E-state index is 0.0279. The van der Waals surface area contributed by atoms with Crippen molar-refractivity contribution in [2.45, 2.75) is 39.2 Å². The van der Waals surface area contributed by atoms with Crippen LogP contribution in [0.3, 0.4) is 0 Å². The number of aromatic nitrogens is 3. The number of carbonyl (C=O) groups excluding carboxylic acids is 1. The summed E-state index contributed by atoms with van der Waals surface area (Å²) in [6.07, 6.45) is 4.73. The van der Waals surface area contributed by atoms with Crippen LogP contribution in [0.5, 0.6) is 0 Å². The summed E-state index contributed by atoms with van der Waals surface area (Å²) in [7, 11) is 1.88. The number of fused-ring (bicyclic) bond motifs is 1. The second-order valence-corrected chi connectivity index (χ2v) is 6.51. The Morgan fingerprint density at radius 3 is 3.00 bits per heavy atom. The summed E-state index contributed by atoms with van der Waals surface area (Å²) in [6.45, 7) is 3.90. The van der Waals surface area contributed by atoms with Gasteiger partial charge in [-0.1, -0.05) is 0 Å². The first kappa shape index (κ1) is 13.3. The number of hydrogen-bond acceptors (Lipinski definition) is 4. The standard InChI is InChI=1S/C14H18N4OS/c1-8-10(7-15-17-8)14(19)18(3)12-6-4-5-11-13(12)20-9(2)16-11/h7,12H,4-6H2,1-3H3,(H,15,17)/t12-/m0/s1. The molecule has 1 amide bonds. The summed E-state index contributed by atoms with van der Waals surface area (Å²) in [5, 5.41) is 7.85. The molecule has 0 fully saturated rings. The molecular weight excluding hydrogens is 272 g/mol. The van der Waals surface area contributed by atoms with E-state index in [1.807, 2.05) is 25.8 Å². The number of amides is 1. The van der Waals surface area contributed by atoms with Gasteiger partial charge in [-0.05, 0) is 33.1 Å². The van der Waals surface area contributed by atoms with E-state index < -0.39 is 0 Å². The second kappa shape index (κ2) is 5.01. The van der Waals surface area contributed by atoms with E-state index in [9.17, 15) is 4.79 Å². The lowest BCUT2D eigenvalue weighted by molar-refractivity contribution is 0.0717. The fraction of sp³-hybridized carbons (Fsp3) is 0.500. The van der Waals surface area contributed by atoms with Gasteiger partial charge in [0, 0.05) is 12.7 Å². The molecule has 1 aliphatic rings. The molecule has 2 aromatic heterocycles. The first-order chi connectivity index (χ1) is 9.58. The van der Waals surface area contributed by atoms with Crippen LogP contribution in [0.1, 0.15) is 50.5 Å². The molecule has 1 N–H and O–H groups in total. The van der Waals surface area contributed by atoms with Crippen molar-refractivity contribution in [1.29, 1.82) is 0 Å². The summed E-state index contributed by atoms with van der Waals surface area (Å²) < 4.78 is 0. The van der Waals surface area contributed by atoms with Crippen LogP contribution in [0.25, 0.3) is 0 Å². The average molecular weight is 290 g/mol. The van der Waals surface area contributed by atoms with Gasteiger partial charge in [0.25, 0.3) is 5.91 Å². The zero-order chi connectivity index (χ0) is 14.3. The molecule has 106 valence electrons. The van der Waals surface area contributed by atoms with Gasteiger partial charge in [0.2, 0.25) is 0 Å². The maximum absolute atomic E-state index is 12.6. The number of rotatable bonds is 2. The van der Waals surface area contributed by atoms with Gasteiger partial charge in [-0.2, -0.15) is 5.10 Å². The SMILES string of the molecule is Cc1nc2c(s1)[C@@H](N(C)C(=O)c1cn[nH]c1C)CCC2. The van der Waals surface area contributed by atoms with Crippen LogP contribution in [0.15, 0.2) is 6.20 Å². The molecule has 0 aromatic carbocycles. The molecule has 2 aromatic rings. The van der Waals surface area contributed by atoms with E-state index in [0.29, 0.717) is 5.56 Å². The lowest BCUT2D eigenvalue weighted by Crippen LogP contribution is -2.33. The molecule has 0 unspecified atom stereocenters. The first-order valence-electron chi connectivity index (χ1n) is 6.81. The molecule has 1 aliphatic carbocycles. The van der Waals surface area contributed by atoms with Gasteiger partial charge in [0.15, 0.2) is 0 Å². The molecule has 1 atom stereocenters. The van der Waals surface area contributed by atoms with Crippen molar-refractivity contribution in [2.75, 3.05) is 7.05 Å². The third kappa shape index (κ3) is 2.14. The van der Waals surface area contributed by atoms with Crippen molar-refractivity contribution >= 4 is 17.2 Å². The third-order valence-corrected chi connectivity index (χ3v) is 4.99. The summed E-state index contributed by atoms with van der Waals surface area (Å²) in [4.78, 5) is 20.3. The molecule has 0 saturated heterocycles. The van der Waals surface area contributed by atoms with E-state index in [-0.39, 0.29) is 11.9 Å². The Labute approximate surface area is 122 Å². The smallest absolute Gasteiger partial charge is 0.257 e.